The number of carboxylic acids is 1. The molecular weight excluding hydrogens is 374 g/mol. The summed E-state index contributed by atoms with van der Waals surface area (Å²) >= 11 is 3.55. The maximum Gasteiger partial charge on any atom is 0.335 e. The molecule has 0 heterocycles. The maximum absolute atomic E-state index is 10.9. The predicted octanol–water partition coefficient (Wildman–Crippen LogP) is 4.56. The van der Waals surface area contributed by atoms with Gasteiger partial charge in [-0.25, -0.2) is 4.79 Å². The van der Waals surface area contributed by atoms with E-state index in [0.29, 0.717) is 18.0 Å². The smallest absolute Gasteiger partial charge is 0.335 e. The molecule has 6 heteroatoms. The molecular formula is C18H20BrNO4. The van der Waals surface area contributed by atoms with Crippen molar-refractivity contribution in [1.82, 2.24) is 0 Å². The minimum Gasteiger partial charge on any atom is -0.493 e. The van der Waals surface area contributed by atoms with Crippen LogP contribution in [0.1, 0.15) is 29.8 Å². The fourth-order valence-electron chi connectivity index (χ4n) is 2.19. The second-order valence-electron chi connectivity index (χ2n) is 5.46. The number of carbonyl (C=O) groups is 1. The molecule has 0 unspecified atom stereocenters. The highest BCUT2D eigenvalue weighted by atomic mass is 79.9. The van der Waals surface area contributed by atoms with E-state index in [4.69, 9.17) is 14.6 Å². The van der Waals surface area contributed by atoms with Gasteiger partial charge in [0, 0.05) is 22.3 Å². The second-order valence-corrected chi connectivity index (χ2v) is 6.31. The average Bonchev–Trinajstić information content (AvgIpc) is 2.54. The highest BCUT2D eigenvalue weighted by molar-refractivity contribution is 9.10. The van der Waals surface area contributed by atoms with Gasteiger partial charge in [-0.2, -0.15) is 0 Å². The minimum absolute atomic E-state index is 0.0156. The normalized spacial score (nSPS) is 10.5. The largest absolute Gasteiger partial charge is 0.493 e. The van der Waals surface area contributed by atoms with Crippen LogP contribution in [0, 0.1) is 0 Å². The van der Waals surface area contributed by atoms with Crippen molar-refractivity contribution in [2.45, 2.75) is 26.5 Å². The van der Waals surface area contributed by atoms with Crippen LogP contribution in [0.3, 0.4) is 0 Å². The van der Waals surface area contributed by atoms with Gasteiger partial charge in [0.15, 0.2) is 11.5 Å². The van der Waals surface area contributed by atoms with Crippen molar-refractivity contribution in [3.8, 4) is 11.5 Å². The zero-order valence-corrected chi connectivity index (χ0v) is 15.4. The van der Waals surface area contributed by atoms with E-state index in [-0.39, 0.29) is 11.7 Å². The lowest BCUT2D eigenvalue weighted by Crippen LogP contribution is -2.11. The number of ether oxygens (including phenoxy) is 2. The Morgan fingerprint density at radius 1 is 1.21 bits per heavy atom. The monoisotopic (exact) mass is 393 g/mol. The van der Waals surface area contributed by atoms with Gasteiger partial charge in [0.1, 0.15) is 0 Å². The standard InChI is InChI=1S/C18H20BrNO4/c1-11(2)24-17-14(15(19)8-9-16(17)23-3)10-20-13-6-4-12(5-7-13)18(21)22/h4-9,11,20H,10H2,1-3H3,(H,21,22). The number of aromatic carboxylic acids is 1. The van der Waals surface area contributed by atoms with Crippen LogP contribution in [0.5, 0.6) is 11.5 Å². The molecule has 0 aliphatic carbocycles. The van der Waals surface area contributed by atoms with Crippen molar-refractivity contribution < 1.29 is 19.4 Å². The van der Waals surface area contributed by atoms with E-state index in [2.05, 4.69) is 21.2 Å². The second kappa shape index (κ2) is 8.06. The van der Waals surface area contributed by atoms with Crippen LogP contribution in [-0.4, -0.2) is 24.3 Å². The van der Waals surface area contributed by atoms with Crippen molar-refractivity contribution in [3.05, 3.63) is 52.0 Å². The van der Waals surface area contributed by atoms with E-state index >= 15 is 0 Å². The molecule has 5 nitrogen and oxygen atoms in total. The summed E-state index contributed by atoms with van der Waals surface area (Å²) in [6.07, 6.45) is 0.0156. The fraction of sp³-hybridized carbons (Fsp3) is 0.278. The minimum atomic E-state index is -0.940. The lowest BCUT2D eigenvalue weighted by molar-refractivity contribution is 0.0697. The number of nitrogens with one attached hydrogen (secondary N) is 1. The number of carboxylic acid groups (broad SMARTS) is 1. The van der Waals surface area contributed by atoms with E-state index in [9.17, 15) is 4.79 Å². The first kappa shape index (κ1) is 18.1. The summed E-state index contributed by atoms with van der Waals surface area (Å²) in [6.45, 7) is 4.43. The third-order valence-electron chi connectivity index (χ3n) is 3.34. The molecule has 0 radical (unpaired) electrons. The third kappa shape index (κ3) is 4.41. The van der Waals surface area contributed by atoms with Crippen molar-refractivity contribution in [2.75, 3.05) is 12.4 Å². The molecule has 0 aliphatic heterocycles. The molecule has 2 rings (SSSR count). The van der Waals surface area contributed by atoms with Gasteiger partial charge in [-0.05, 0) is 50.2 Å². The van der Waals surface area contributed by atoms with Gasteiger partial charge >= 0.3 is 5.97 Å². The maximum atomic E-state index is 10.9. The lowest BCUT2D eigenvalue weighted by Gasteiger charge is -2.19. The number of hydrogen-bond acceptors (Lipinski definition) is 4. The van der Waals surface area contributed by atoms with Crippen molar-refractivity contribution >= 4 is 27.6 Å². The van der Waals surface area contributed by atoms with Gasteiger partial charge < -0.3 is 19.9 Å². The molecule has 24 heavy (non-hydrogen) atoms. The topological polar surface area (TPSA) is 67.8 Å². The van der Waals surface area contributed by atoms with Crippen LogP contribution in [0.25, 0.3) is 0 Å². The Bertz CT molecular complexity index is 714. The molecule has 2 aromatic carbocycles. The van der Waals surface area contributed by atoms with E-state index in [1.54, 1.807) is 31.4 Å². The molecule has 0 bridgehead atoms. The predicted molar refractivity (Wildman–Crippen MR) is 97.2 cm³/mol. The average molecular weight is 394 g/mol. The summed E-state index contributed by atoms with van der Waals surface area (Å²) in [5.41, 5.74) is 2.02. The molecule has 128 valence electrons. The van der Waals surface area contributed by atoms with E-state index < -0.39 is 5.97 Å². The number of rotatable bonds is 7. The van der Waals surface area contributed by atoms with Gasteiger partial charge in [0.25, 0.3) is 0 Å². The summed E-state index contributed by atoms with van der Waals surface area (Å²) in [7, 11) is 1.61. The van der Waals surface area contributed by atoms with Crippen molar-refractivity contribution in [3.63, 3.8) is 0 Å². The quantitative estimate of drug-likeness (QED) is 0.721. The number of anilines is 1. The van der Waals surface area contributed by atoms with Crippen LogP contribution in [0.2, 0.25) is 0 Å². The van der Waals surface area contributed by atoms with Crippen LogP contribution < -0.4 is 14.8 Å². The molecule has 0 amide bonds. The zero-order valence-electron chi connectivity index (χ0n) is 13.8. The van der Waals surface area contributed by atoms with E-state index in [1.807, 2.05) is 26.0 Å². The molecule has 0 fully saturated rings. The molecule has 0 aliphatic rings. The molecule has 0 atom stereocenters. The number of methoxy groups -OCH3 is 1. The Kier molecular flexibility index (Phi) is 6.09. The molecule has 0 saturated carbocycles. The van der Waals surface area contributed by atoms with Crippen molar-refractivity contribution in [1.29, 1.82) is 0 Å². The van der Waals surface area contributed by atoms with Gasteiger partial charge in [-0.3, -0.25) is 0 Å². The summed E-state index contributed by atoms with van der Waals surface area (Å²) in [5.74, 6) is 0.422. The third-order valence-corrected chi connectivity index (χ3v) is 4.08. The summed E-state index contributed by atoms with van der Waals surface area (Å²) < 4.78 is 12.2. The van der Waals surface area contributed by atoms with Gasteiger partial charge in [0.05, 0.1) is 18.8 Å². The Labute approximate surface area is 149 Å². The summed E-state index contributed by atoms with van der Waals surface area (Å²) in [6, 6.07) is 10.4. The summed E-state index contributed by atoms with van der Waals surface area (Å²) in [4.78, 5) is 10.9. The number of hydrogen-bond donors (Lipinski definition) is 2. The Morgan fingerprint density at radius 3 is 2.42 bits per heavy atom. The highest BCUT2D eigenvalue weighted by Gasteiger charge is 2.16. The molecule has 0 aromatic heterocycles. The van der Waals surface area contributed by atoms with Gasteiger partial charge in [-0.1, -0.05) is 15.9 Å². The zero-order chi connectivity index (χ0) is 17.7. The number of halogens is 1. The highest BCUT2D eigenvalue weighted by Crippen LogP contribution is 2.37. The fourth-order valence-corrected chi connectivity index (χ4v) is 2.65. The van der Waals surface area contributed by atoms with E-state index in [1.165, 1.54) is 0 Å². The molecule has 2 N–H and O–H groups in total. The first-order chi connectivity index (χ1) is 11.4. The molecule has 0 saturated heterocycles. The first-order valence-electron chi connectivity index (χ1n) is 7.51. The lowest BCUT2D eigenvalue weighted by atomic mass is 10.1. The molecule has 0 spiro atoms. The van der Waals surface area contributed by atoms with Gasteiger partial charge in [-0.15, -0.1) is 0 Å². The number of benzene rings is 2. The SMILES string of the molecule is COc1ccc(Br)c(CNc2ccc(C(=O)O)cc2)c1OC(C)C. The Hall–Kier alpha value is -2.21. The Balaban J connectivity index is 2.23. The summed E-state index contributed by atoms with van der Waals surface area (Å²) in [5, 5.41) is 12.2. The Morgan fingerprint density at radius 2 is 1.88 bits per heavy atom. The van der Waals surface area contributed by atoms with Gasteiger partial charge in [0.2, 0.25) is 0 Å². The van der Waals surface area contributed by atoms with Crippen LogP contribution in [0.15, 0.2) is 40.9 Å². The first-order valence-corrected chi connectivity index (χ1v) is 8.31. The molecule has 2 aromatic rings. The van der Waals surface area contributed by atoms with Crippen LogP contribution in [0.4, 0.5) is 5.69 Å². The van der Waals surface area contributed by atoms with Crippen LogP contribution in [-0.2, 0) is 6.54 Å². The van der Waals surface area contributed by atoms with E-state index in [0.717, 1.165) is 15.7 Å². The van der Waals surface area contributed by atoms with Crippen LogP contribution >= 0.6 is 15.9 Å². The van der Waals surface area contributed by atoms with Crippen molar-refractivity contribution in [2.24, 2.45) is 0 Å².